The molecule has 0 aromatic heterocycles. The van der Waals surface area contributed by atoms with Crippen LogP contribution in [-0.2, 0) is 0 Å². The second-order valence-electron chi connectivity index (χ2n) is 4.96. The maximum atomic E-state index is 3.88. The van der Waals surface area contributed by atoms with Crippen LogP contribution in [0.25, 0.3) is 0 Å². The Bertz CT molecular complexity index is 352. The van der Waals surface area contributed by atoms with Crippen molar-refractivity contribution in [1.82, 2.24) is 0 Å². The van der Waals surface area contributed by atoms with Crippen LogP contribution in [0.2, 0.25) is 0 Å². The van der Waals surface area contributed by atoms with Crippen molar-refractivity contribution in [2.24, 2.45) is 11.8 Å². The summed E-state index contributed by atoms with van der Waals surface area (Å²) in [5.74, 6) is 1.72. The topological polar surface area (TPSA) is 0 Å². The fourth-order valence-corrected chi connectivity index (χ4v) is 3.13. The van der Waals surface area contributed by atoms with Crippen LogP contribution in [0.15, 0.2) is 18.2 Å². The van der Waals surface area contributed by atoms with Crippen LogP contribution in [0, 0.1) is 25.7 Å². The lowest BCUT2D eigenvalue weighted by Crippen LogP contribution is -2.07. The van der Waals surface area contributed by atoms with Crippen molar-refractivity contribution in [3.8, 4) is 0 Å². The standard InChI is InChI=1S/C14H19Br/c1-9-4-5-10(2)13(8-9)14(15)11(3)12-6-7-12/h4-5,8,11-12,14H,6-7H2,1-3H3. The molecule has 0 N–H and O–H groups in total. The number of benzene rings is 1. The first-order valence-electron chi connectivity index (χ1n) is 5.81. The van der Waals surface area contributed by atoms with Crippen molar-refractivity contribution in [1.29, 1.82) is 0 Å². The molecule has 0 spiro atoms. The van der Waals surface area contributed by atoms with Gasteiger partial charge >= 0.3 is 0 Å². The third-order valence-electron chi connectivity index (χ3n) is 3.56. The largest absolute Gasteiger partial charge is 0.0836 e. The highest BCUT2D eigenvalue weighted by molar-refractivity contribution is 9.09. The maximum Gasteiger partial charge on any atom is 0.0426 e. The molecule has 1 aliphatic rings. The smallest absolute Gasteiger partial charge is 0.0426 e. The summed E-state index contributed by atoms with van der Waals surface area (Å²) in [6.07, 6.45) is 2.85. The van der Waals surface area contributed by atoms with Gasteiger partial charge in [-0.1, -0.05) is 46.6 Å². The highest BCUT2D eigenvalue weighted by Gasteiger charge is 2.33. The summed E-state index contributed by atoms with van der Waals surface area (Å²) in [4.78, 5) is 0.532. The Balaban J connectivity index is 2.23. The predicted octanol–water partition coefficient (Wildman–Crippen LogP) is 4.79. The van der Waals surface area contributed by atoms with E-state index < -0.39 is 0 Å². The average molecular weight is 267 g/mol. The van der Waals surface area contributed by atoms with Crippen LogP contribution in [0.1, 0.15) is 41.3 Å². The summed E-state index contributed by atoms with van der Waals surface area (Å²) in [7, 11) is 0. The summed E-state index contributed by atoms with van der Waals surface area (Å²) in [6, 6.07) is 6.76. The molecule has 0 aliphatic heterocycles. The third kappa shape index (κ3) is 2.44. The molecular formula is C14H19Br. The Hall–Kier alpha value is -0.300. The van der Waals surface area contributed by atoms with Gasteiger partial charge < -0.3 is 0 Å². The van der Waals surface area contributed by atoms with E-state index in [9.17, 15) is 0 Å². The van der Waals surface area contributed by atoms with Crippen LogP contribution in [-0.4, -0.2) is 0 Å². The lowest BCUT2D eigenvalue weighted by molar-refractivity contribution is 0.501. The Labute approximate surface area is 101 Å². The molecule has 2 unspecified atom stereocenters. The number of rotatable bonds is 3. The fourth-order valence-electron chi connectivity index (χ4n) is 2.20. The zero-order valence-corrected chi connectivity index (χ0v) is 11.3. The number of alkyl halides is 1. The minimum Gasteiger partial charge on any atom is -0.0836 e. The monoisotopic (exact) mass is 266 g/mol. The molecule has 1 aromatic rings. The molecule has 1 heteroatoms. The molecule has 15 heavy (non-hydrogen) atoms. The molecule has 0 heterocycles. The molecule has 2 atom stereocenters. The van der Waals surface area contributed by atoms with Gasteiger partial charge in [0.15, 0.2) is 0 Å². The van der Waals surface area contributed by atoms with Crippen molar-refractivity contribution in [3.05, 3.63) is 34.9 Å². The molecule has 1 fully saturated rings. The molecule has 0 saturated heterocycles. The lowest BCUT2D eigenvalue weighted by atomic mass is 9.93. The normalized spacial score (nSPS) is 20.0. The molecule has 0 radical (unpaired) electrons. The zero-order valence-electron chi connectivity index (χ0n) is 9.76. The highest BCUT2D eigenvalue weighted by atomic mass is 79.9. The van der Waals surface area contributed by atoms with Gasteiger partial charge in [-0.2, -0.15) is 0 Å². The van der Waals surface area contributed by atoms with E-state index in [1.807, 2.05) is 0 Å². The van der Waals surface area contributed by atoms with Gasteiger partial charge in [-0.3, -0.25) is 0 Å². The summed E-state index contributed by atoms with van der Waals surface area (Å²) < 4.78 is 0. The van der Waals surface area contributed by atoms with E-state index in [4.69, 9.17) is 0 Å². The van der Waals surface area contributed by atoms with Gasteiger partial charge in [-0.05, 0) is 49.7 Å². The predicted molar refractivity (Wildman–Crippen MR) is 69.5 cm³/mol. The van der Waals surface area contributed by atoms with Crippen LogP contribution < -0.4 is 0 Å². The summed E-state index contributed by atoms with van der Waals surface area (Å²) >= 11 is 3.88. The zero-order chi connectivity index (χ0) is 11.0. The Kier molecular flexibility index (Phi) is 3.20. The van der Waals surface area contributed by atoms with Gasteiger partial charge in [0.05, 0.1) is 0 Å². The summed E-state index contributed by atoms with van der Waals surface area (Å²) in [5.41, 5.74) is 4.26. The number of hydrogen-bond donors (Lipinski definition) is 0. The quantitative estimate of drug-likeness (QED) is 0.691. The van der Waals surface area contributed by atoms with E-state index >= 15 is 0 Å². The first kappa shape index (κ1) is 11.2. The minimum atomic E-state index is 0.532. The van der Waals surface area contributed by atoms with E-state index in [2.05, 4.69) is 54.9 Å². The fraction of sp³-hybridized carbons (Fsp3) is 0.571. The second kappa shape index (κ2) is 4.29. The SMILES string of the molecule is Cc1ccc(C)c(C(Br)C(C)C2CC2)c1. The molecule has 1 saturated carbocycles. The first-order valence-corrected chi connectivity index (χ1v) is 6.72. The number of hydrogen-bond acceptors (Lipinski definition) is 0. The molecule has 1 aliphatic carbocycles. The molecule has 0 nitrogen and oxygen atoms in total. The summed E-state index contributed by atoms with van der Waals surface area (Å²) in [5, 5.41) is 0. The van der Waals surface area contributed by atoms with Crippen molar-refractivity contribution < 1.29 is 0 Å². The number of aryl methyl sites for hydroxylation is 2. The van der Waals surface area contributed by atoms with Crippen molar-refractivity contribution in [2.75, 3.05) is 0 Å². The van der Waals surface area contributed by atoms with Gasteiger partial charge in [0.1, 0.15) is 0 Å². The number of halogens is 1. The van der Waals surface area contributed by atoms with Crippen molar-refractivity contribution in [2.45, 2.75) is 38.4 Å². The summed E-state index contributed by atoms with van der Waals surface area (Å²) in [6.45, 7) is 6.76. The van der Waals surface area contributed by atoms with Crippen molar-refractivity contribution >= 4 is 15.9 Å². The van der Waals surface area contributed by atoms with E-state index in [0.29, 0.717) is 4.83 Å². The lowest BCUT2D eigenvalue weighted by Gasteiger charge is -2.20. The van der Waals surface area contributed by atoms with Gasteiger partial charge in [-0.15, -0.1) is 0 Å². The molecule has 0 amide bonds. The Morgan fingerprint density at radius 1 is 1.27 bits per heavy atom. The van der Waals surface area contributed by atoms with Gasteiger partial charge in [-0.25, -0.2) is 0 Å². The van der Waals surface area contributed by atoms with Crippen molar-refractivity contribution in [3.63, 3.8) is 0 Å². The van der Waals surface area contributed by atoms with E-state index in [1.54, 1.807) is 0 Å². The molecule has 2 rings (SSSR count). The van der Waals surface area contributed by atoms with E-state index in [-0.39, 0.29) is 0 Å². The van der Waals surface area contributed by atoms with Crippen LogP contribution in [0.3, 0.4) is 0 Å². The Morgan fingerprint density at radius 2 is 1.93 bits per heavy atom. The molecule has 82 valence electrons. The second-order valence-corrected chi connectivity index (χ2v) is 5.94. The maximum absolute atomic E-state index is 3.88. The molecule has 0 bridgehead atoms. The average Bonchev–Trinajstić information content (AvgIpc) is 3.03. The van der Waals surface area contributed by atoms with E-state index in [0.717, 1.165) is 11.8 Å². The minimum absolute atomic E-state index is 0.532. The van der Waals surface area contributed by atoms with Gasteiger partial charge in [0.2, 0.25) is 0 Å². The highest BCUT2D eigenvalue weighted by Crippen LogP contribution is 2.46. The molecular weight excluding hydrogens is 248 g/mol. The third-order valence-corrected chi connectivity index (χ3v) is 4.89. The van der Waals surface area contributed by atoms with Crippen LogP contribution in [0.5, 0.6) is 0 Å². The van der Waals surface area contributed by atoms with E-state index in [1.165, 1.54) is 29.5 Å². The van der Waals surface area contributed by atoms with Gasteiger partial charge in [0.25, 0.3) is 0 Å². The van der Waals surface area contributed by atoms with Crippen LogP contribution >= 0.6 is 15.9 Å². The first-order chi connectivity index (χ1) is 7.09. The molecule has 1 aromatic carbocycles. The van der Waals surface area contributed by atoms with Crippen LogP contribution in [0.4, 0.5) is 0 Å². The Morgan fingerprint density at radius 3 is 2.53 bits per heavy atom. The van der Waals surface area contributed by atoms with Gasteiger partial charge in [0, 0.05) is 4.83 Å².